The molecule has 35 heavy (non-hydrogen) atoms. The molecule has 0 radical (unpaired) electrons. The van der Waals surface area contributed by atoms with Crippen LogP contribution in [0.25, 0.3) is 11.5 Å². The minimum absolute atomic E-state index is 0. The van der Waals surface area contributed by atoms with Crippen molar-refractivity contribution in [2.45, 2.75) is 32.8 Å². The fraction of sp³-hybridized carbons (Fsp3) is 0.333. The van der Waals surface area contributed by atoms with E-state index in [0.29, 0.717) is 24.3 Å². The van der Waals surface area contributed by atoms with E-state index in [1.54, 1.807) is 48.5 Å². The van der Waals surface area contributed by atoms with E-state index in [0.717, 1.165) is 24.3 Å². The maximum Gasteiger partial charge on any atom is 2.00 e. The van der Waals surface area contributed by atoms with E-state index >= 15 is 0 Å². The van der Waals surface area contributed by atoms with Crippen LogP contribution in [0.1, 0.15) is 37.8 Å². The molecule has 0 saturated heterocycles. The minimum Gasteiger partial charge on any atom is -0.872 e. The van der Waals surface area contributed by atoms with Crippen molar-refractivity contribution in [1.82, 2.24) is 0 Å². The molecule has 0 unspecified atom stereocenters. The van der Waals surface area contributed by atoms with E-state index < -0.39 is 6.10 Å². The van der Waals surface area contributed by atoms with E-state index in [9.17, 15) is 15.3 Å². The summed E-state index contributed by atoms with van der Waals surface area (Å²) in [4.78, 5) is 8.09. The van der Waals surface area contributed by atoms with Gasteiger partial charge >= 0.3 is 20.4 Å². The molecule has 2 aromatic carbocycles. The summed E-state index contributed by atoms with van der Waals surface area (Å²) in [5.41, 5.74) is 1.06. The van der Waals surface area contributed by atoms with Crippen LogP contribution in [0.3, 0.4) is 0 Å². The Kier molecular flexibility index (Phi) is 15.1. The Labute approximate surface area is 221 Å². The number of hydrogen-bond acceptors (Lipinski definition) is 7. The van der Waals surface area contributed by atoms with Crippen molar-refractivity contribution in [3.05, 3.63) is 71.8 Å². The van der Waals surface area contributed by atoms with Gasteiger partial charge in [0, 0.05) is 12.4 Å². The fourth-order valence-electron chi connectivity index (χ4n) is 2.73. The number of aliphatic imine (C=N–C) groups is 2. The molecule has 2 rings (SSSR count). The van der Waals surface area contributed by atoms with Crippen LogP contribution in [0.15, 0.2) is 70.7 Å². The summed E-state index contributed by atoms with van der Waals surface area (Å²) >= 11 is 0. The zero-order chi connectivity index (χ0) is 24.6. The Hall–Kier alpha value is -2.92. The molecule has 0 fully saturated rings. The van der Waals surface area contributed by atoms with E-state index in [2.05, 4.69) is 9.98 Å². The third-order valence-corrected chi connectivity index (χ3v) is 4.52. The number of allylic oxidation sites excluding steroid dienone is 2. The predicted octanol–water partition coefficient (Wildman–Crippen LogP) is 2.87. The molecule has 2 aromatic rings. The maximum absolute atomic E-state index is 12.2. The van der Waals surface area contributed by atoms with E-state index in [4.69, 9.17) is 9.47 Å². The van der Waals surface area contributed by atoms with Crippen molar-refractivity contribution in [3.63, 3.8) is 0 Å². The van der Waals surface area contributed by atoms with Gasteiger partial charge in [-0.15, -0.1) is 11.5 Å². The van der Waals surface area contributed by atoms with Gasteiger partial charge < -0.3 is 24.8 Å². The first kappa shape index (κ1) is 30.1. The van der Waals surface area contributed by atoms with Crippen LogP contribution in [0.5, 0.6) is 11.5 Å². The smallest absolute Gasteiger partial charge is 0.872 e. The molecule has 0 saturated carbocycles. The molecule has 0 amide bonds. The largest absolute Gasteiger partial charge is 2.00 e. The molecule has 0 atom stereocenters. The standard InChI is InChI=1S/C27H34N2O5.Pd/c1-3-17-33-24-9-5-21(6-10-24)26(31)13-15-28-19-23(30)20-29-16-14-27(32)22-7-11-25(12-8-22)34-18-4-2;/h5-16,23,30-32H,3-4,17-20H2,1-2H3;/q;+2/p-2/b26-13-,27-14-,28-15?,29-16?;. The SMILES string of the molecule is CCCOc1ccc(/C([O-])=C/C=NCC(O)CN=C/C=C(\[O-])c2ccc(OCCC)cc2)cc1.[Pd+2]. The first-order valence-corrected chi connectivity index (χ1v) is 11.4. The summed E-state index contributed by atoms with van der Waals surface area (Å²) < 4.78 is 11.0. The quantitative estimate of drug-likeness (QED) is 0.213. The molecule has 8 heteroatoms. The Morgan fingerprint density at radius 3 is 1.49 bits per heavy atom. The van der Waals surface area contributed by atoms with Gasteiger partial charge in [-0.2, -0.15) is 0 Å². The van der Waals surface area contributed by atoms with Crippen molar-refractivity contribution in [2.24, 2.45) is 9.98 Å². The van der Waals surface area contributed by atoms with Crippen LogP contribution < -0.4 is 19.7 Å². The summed E-state index contributed by atoms with van der Waals surface area (Å²) in [5.74, 6) is 1.09. The maximum atomic E-state index is 12.2. The third-order valence-electron chi connectivity index (χ3n) is 4.52. The third kappa shape index (κ3) is 11.9. The Morgan fingerprint density at radius 1 is 0.771 bits per heavy atom. The first-order chi connectivity index (χ1) is 16.5. The normalized spacial score (nSPS) is 13.1. The van der Waals surface area contributed by atoms with Crippen molar-refractivity contribution in [1.29, 1.82) is 0 Å². The summed E-state index contributed by atoms with van der Waals surface area (Å²) in [5, 5.41) is 34.3. The van der Waals surface area contributed by atoms with Gasteiger partial charge in [-0.25, -0.2) is 0 Å². The van der Waals surface area contributed by atoms with Crippen molar-refractivity contribution < 1.29 is 45.2 Å². The summed E-state index contributed by atoms with van der Waals surface area (Å²) in [6, 6.07) is 13.8. The topological polar surface area (TPSA) is 110 Å². The molecule has 0 aromatic heterocycles. The molecule has 0 aliphatic carbocycles. The second-order valence-corrected chi connectivity index (χ2v) is 7.49. The van der Waals surface area contributed by atoms with E-state index in [-0.39, 0.29) is 45.0 Å². The van der Waals surface area contributed by atoms with Crippen molar-refractivity contribution >= 4 is 23.9 Å². The summed E-state index contributed by atoms with van der Waals surface area (Å²) in [7, 11) is 0. The van der Waals surface area contributed by atoms with Gasteiger partial charge in [0.15, 0.2) is 0 Å². The van der Waals surface area contributed by atoms with Crippen LogP contribution in [-0.2, 0) is 20.4 Å². The monoisotopic (exact) mass is 570 g/mol. The van der Waals surface area contributed by atoms with Gasteiger partial charge in [-0.3, -0.25) is 9.98 Å². The number of nitrogens with zero attached hydrogens (tertiary/aromatic N) is 2. The number of ether oxygens (including phenoxy) is 2. The minimum atomic E-state index is -0.815. The second-order valence-electron chi connectivity index (χ2n) is 7.49. The molecule has 190 valence electrons. The molecule has 0 heterocycles. The average Bonchev–Trinajstić information content (AvgIpc) is 2.87. The van der Waals surface area contributed by atoms with Crippen molar-refractivity contribution in [3.8, 4) is 11.5 Å². The van der Waals surface area contributed by atoms with Gasteiger partial charge in [0.05, 0.1) is 32.4 Å². The summed E-state index contributed by atoms with van der Waals surface area (Å²) in [6.07, 6.45) is 6.47. The molecule has 1 N–H and O–H groups in total. The fourth-order valence-corrected chi connectivity index (χ4v) is 2.73. The zero-order valence-corrected chi connectivity index (χ0v) is 21.6. The molecule has 0 aliphatic heterocycles. The zero-order valence-electron chi connectivity index (χ0n) is 20.0. The number of rotatable bonds is 14. The number of hydrogen-bond donors (Lipinski definition) is 1. The number of aliphatic hydroxyl groups is 1. The molecule has 0 aliphatic rings. The molecule has 0 spiro atoms. The van der Waals surface area contributed by atoms with Crippen LogP contribution in [0.4, 0.5) is 0 Å². The van der Waals surface area contributed by atoms with Crippen molar-refractivity contribution in [2.75, 3.05) is 26.3 Å². The van der Waals surface area contributed by atoms with Gasteiger partial charge in [0.1, 0.15) is 11.5 Å². The average molecular weight is 571 g/mol. The van der Waals surface area contributed by atoms with Gasteiger partial charge in [0.2, 0.25) is 0 Å². The number of benzene rings is 2. The Bertz CT molecular complexity index is 891. The first-order valence-electron chi connectivity index (χ1n) is 11.4. The Balaban J connectivity index is 0.00000612. The van der Waals surface area contributed by atoms with E-state index in [1.807, 2.05) is 13.8 Å². The second kappa shape index (κ2) is 17.5. The van der Waals surface area contributed by atoms with Crippen LogP contribution in [0, 0.1) is 0 Å². The van der Waals surface area contributed by atoms with Crippen LogP contribution >= 0.6 is 0 Å². The van der Waals surface area contributed by atoms with Gasteiger partial charge in [-0.05, 0) is 48.2 Å². The summed E-state index contributed by atoms with van der Waals surface area (Å²) in [6.45, 7) is 5.52. The van der Waals surface area contributed by atoms with E-state index in [1.165, 1.54) is 24.6 Å². The molecular formula is C27H32N2O5Pd. The predicted molar refractivity (Wildman–Crippen MR) is 133 cm³/mol. The van der Waals surface area contributed by atoms with Gasteiger partial charge in [-0.1, -0.05) is 50.3 Å². The molecule has 0 bridgehead atoms. The van der Waals surface area contributed by atoms with Crippen LogP contribution in [-0.4, -0.2) is 49.9 Å². The number of aliphatic hydroxyl groups excluding tert-OH is 1. The van der Waals surface area contributed by atoms with Crippen LogP contribution in [0.2, 0.25) is 0 Å². The van der Waals surface area contributed by atoms with Gasteiger partial charge in [0.25, 0.3) is 0 Å². The molecule has 7 nitrogen and oxygen atoms in total. The Morgan fingerprint density at radius 2 is 1.14 bits per heavy atom. The molecular weight excluding hydrogens is 539 g/mol.